The van der Waals surface area contributed by atoms with E-state index < -0.39 is 0 Å². The van der Waals surface area contributed by atoms with E-state index in [2.05, 4.69) is 10.3 Å². The van der Waals surface area contributed by atoms with Gasteiger partial charge in [0.2, 0.25) is 11.5 Å². The Labute approximate surface area is 160 Å². The lowest BCUT2D eigenvalue weighted by molar-refractivity contribution is -0.655. The molecule has 8 nitrogen and oxygen atoms in total. The first kappa shape index (κ1) is 17.7. The maximum absolute atomic E-state index is 13.1. The van der Waals surface area contributed by atoms with Gasteiger partial charge in [-0.3, -0.25) is 14.0 Å². The number of fused-ring (bicyclic) bond motifs is 2. The lowest BCUT2D eigenvalue weighted by Crippen LogP contribution is -2.42. The van der Waals surface area contributed by atoms with Crippen molar-refractivity contribution >= 4 is 28.4 Å². The summed E-state index contributed by atoms with van der Waals surface area (Å²) in [5, 5.41) is 3.10. The van der Waals surface area contributed by atoms with E-state index in [0.717, 1.165) is 5.56 Å². The zero-order valence-corrected chi connectivity index (χ0v) is 15.6. The molecular formula is C20H20N5O3+. The molecule has 8 heteroatoms. The van der Waals surface area contributed by atoms with Crippen LogP contribution in [-0.4, -0.2) is 15.3 Å². The van der Waals surface area contributed by atoms with Gasteiger partial charge in [0.1, 0.15) is 16.7 Å². The zero-order valence-electron chi connectivity index (χ0n) is 15.6. The number of nitrogens with two attached hydrogens (primary N) is 1. The van der Waals surface area contributed by atoms with Crippen molar-refractivity contribution in [2.24, 2.45) is 0 Å². The van der Waals surface area contributed by atoms with Crippen LogP contribution in [0.1, 0.15) is 28.6 Å². The van der Waals surface area contributed by atoms with Crippen LogP contribution in [0.5, 0.6) is 0 Å². The van der Waals surface area contributed by atoms with Crippen LogP contribution in [0.15, 0.2) is 52.0 Å². The molecule has 0 aliphatic heterocycles. The highest BCUT2D eigenvalue weighted by Gasteiger charge is 2.24. The highest BCUT2D eigenvalue weighted by Crippen LogP contribution is 2.16. The average Bonchev–Trinajstić information content (AvgIpc) is 3.20. The summed E-state index contributed by atoms with van der Waals surface area (Å²) in [6.07, 6.45) is 3.21. The van der Waals surface area contributed by atoms with Crippen molar-refractivity contribution in [2.75, 3.05) is 5.73 Å². The van der Waals surface area contributed by atoms with Gasteiger partial charge in [-0.25, -0.2) is 4.57 Å². The molecule has 4 aromatic heterocycles. The molecule has 142 valence electrons. The van der Waals surface area contributed by atoms with Crippen LogP contribution in [-0.2, 0) is 13.1 Å². The van der Waals surface area contributed by atoms with Crippen LogP contribution in [0, 0.1) is 6.92 Å². The molecule has 3 N–H and O–H groups in total. The number of aromatic nitrogens is 3. The molecule has 0 aromatic carbocycles. The summed E-state index contributed by atoms with van der Waals surface area (Å²) in [6, 6.07) is 8.71. The smallest absolute Gasteiger partial charge is 0.278 e. The van der Waals surface area contributed by atoms with E-state index in [9.17, 15) is 9.59 Å². The predicted octanol–water partition coefficient (Wildman–Crippen LogP) is 1.57. The molecule has 4 rings (SSSR count). The number of hydrogen-bond donors (Lipinski definition) is 2. The standard InChI is InChI=1S/C20H19N5O3/c1-3-24-16(21)14(19(26)22-11-13-7-5-9-28-13)10-15-18(24)23-17-12(2)6-4-8-25(17)20(15)27/h4-10,21H,3,11H2,1-2H3,(H,22,26)/p+1. The third-order valence-corrected chi connectivity index (χ3v) is 4.74. The molecule has 0 atom stereocenters. The van der Waals surface area contributed by atoms with E-state index in [1.807, 2.05) is 19.9 Å². The minimum Gasteiger partial charge on any atom is -0.467 e. The van der Waals surface area contributed by atoms with Gasteiger partial charge in [0.15, 0.2) is 0 Å². The Hall–Kier alpha value is -3.68. The van der Waals surface area contributed by atoms with Crippen LogP contribution in [0.3, 0.4) is 0 Å². The second kappa shape index (κ2) is 6.80. The van der Waals surface area contributed by atoms with Gasteiger partial charge < -0.3 is 15.5 Å². The van der Waals surface area contributed by atoms with Gasteiger partial charge in [-0.05, 0) is 38.1 Å². The second-order valence-electron chi connectivity index (χ2n) is 6.49. The first-order valence-corrected chi connectivity index (χ1v) is 8.96. The van der Waals surface area contributed by atoms with Crippen molar-refractivity contribution in [1.29, 1.82) is 0 Å². The molecule has 0 aliphatic carbocycles. The zero-order chi connectivity index (χ0) is 19.8. The van der Waals surface area contributed by atoms with E-state index in [1.165, 1.54) is 16.7 Å². The molecule has 4 aromatic rings. The molecule has 0 spiro atoms. The number of furan rings is 1. The molecular weight excluding hydrogens is 358 g/mol. The Balaban J connectivity index is 1.89. The Morgan fingerprint density at radius 3 is 2.89 bits per heavy atom. The Morgan fingerprint density at radius 2 is 2.18 bits per heavy atom. The van der Waals surface area contributed by atoms with E-state index in [1.54, 1.807) is 29.0 Å². The van der Waals surface area contributed by atoms with E-state index >= 15 is 0 Å². The number of nitrogens with zero attached hydrogens (tertiary/aromatic N) is 3. The lowest BCUT2D eigenvalue weighted by Gasteiger charge is -2.11. The SMILES string of the molecule is CC[n+]1c(N)c(C(=O)NCc2ccco2)cc2c(=O)n3cccc(C)c3nc21. The fourth-order valence-electron chi connectivity index (χ4n) is 3.29. The number of nitrogen functional groups attached to an aromatic ring is 1. The van der Waals surface area contributed by atoms with Gasteiger partial charge >= 0.3 is 0 Å². The number of anilines is 1. The predicted molar refractivity (Wildman–Crippen MR) is 104 cm³/mol. The van der Waals surface area contributed by atoms with Crippen LogP contribution in [0.25, 0.3) is 16.7 Å². The molecule has 0 saturated heterocycles. The van der Waals surface area contributed by atoms with Gasteiger partial charge in [0.05, 0.1) is 19.4 Å². The quantitative estimate of drug-likeness (QED) is 0.414. The van der Waals surface area contributed by atoms with Gasteiger partial charge in [-0.2, -0.15) is 0 Å². The topological polar surface area (TPSA) is 107 Å². The average molecular weight is 378 g/mol. The summed E-state index contributed by atoms with van der Waals surface area (Å²) in [5.74, 6) is 0.503. The number of aryl methyl sites for hydroxylation is 2. The Kier molecular flexibility index (Phi) is 4.31. The van der Waals surface area contributed by atoms with Gasteiger partial charge in [0.25, 0.3) is 17.1 Å². The third-order valence-electron chi connectivity index (χ3n) is 4.74. The second-order valence-corrected chi connectivity index (χ2v) is 6.49. The highest BCUT2D eigenvalue weighted by atomic mass is 16.3. The molecule has 1 amide bonds. The highest BCUT2D eigenvalue weighted by molar-refractivity contribution is 6.00. The third kappa shape index (κ3) is 2.79. The van der Waals surface area contributed by atoms with Crippen molar-refractivity contribution < 1.29 is 13.8 Å². The number of nitrogens with one attached hydrogen (secondary N) is 1. The summed E-state index contributed by atoms with van der Waals surface area (Å²) in [5.41, 5.74) is 8.16. The van der Waals surface area contributed by atoms with E-state index in [0.29, 0.717) is 29.0 Å². The maximum atomic E-state index is 13.1. The van der Waals surface area contributed by atoms with Crippen molar-refractivity contribution in [2.45, 2.75) is 26.9 Å². The van der Waals surface area contributed by atoms with Crippen LogP contribution in [0.2, 0.25) is 0 Å². The number of pyridine rings is 2. The summed E-state index contributed by atoms with van der Waals surface area (Å²) >= 11 is 0. The van der Waals surface area contributed by atoms with E-state index in [-0.39, 0.29) is 29.4 Å². The van der Waals surface area contributed by atoms with Gasteiger partial charge in [0, 0.05) is 11.8 Å². The maximum Gasteiger partial charge on any atom is 0.278 e. The Bertz CT molecular complexity index is 1260. The van der Waals surface area contributed by atoms with Crippen LogP contribution >= 0.6 is 0 Å². The molecule has 0 radical (unpaired) electrons. The fourth-order valence-corrected chi connectivity index (χ4v) is 3.29. The molecule has 0 saturated carbocycles. The molecule has 0 bridgehead atoms. The summed E-state index contributed by atoms with van der Waals surface area (Å²) < 4.78 is 8.40. The van der Waals surface area contributed by atoms with Gasteiger partial charge in [-0.1, -0.05) is 11.1 Å². The van der Waals surface area contributed by atoms with Crippen LogP contribution in [0.4, 0.5) is 5.82 Å². The monoisotopic (exact) mass is 378 g/mol. The van der Waals surface area contributed by atoms with Crippen molar-refractivity contribution in [3.05, 3.63) is 70.0 Å². The lowest BCUT2D eigenvalue weighted by atomic mass is 10.1. The van der Waals surface area contributed by atoms with Crippen molar-refractivity contribution in [1.82, 2.24) is 14.7 Å². The first-order valence-electron chi connectivity index (χ1n) is 8.96. The number of rotatable bonds is 4. The summed E-state index contributed by atoms with van der Waals surface area (Å²) in [6.45, 7) is 4.48. The minimum absolute atomic E-state index is 0.226. The number of hydrogen-bond acceptors (Lipinski definition) is 5. The number of carbonyl (C=O) groups excluding carboxylic acids is 1. The minimum atomic E-state index is -0.383. The van der Waals surface area contributed by atoms with E-state index in [4.69, 9.17) is 10.2 Å². The van der Waals surface area contributed by atoms with Crippen molar-refractivity contribution in [3.8, 4) is 0 Å². The fraction of sp³-hybridized carbons (Fsp3) is 0.200. The van der Waals surface area contributed by atoms with Crippen LogP contribution < -0.4 is 21.2 Å². The molecule has 0 aliphatic rings. The van der Waals surface area contributed by atoms with Crippen molar-refractivity contribution in [3.63, 3.8) is 0 Å². The molecule has 28 heavy (non-hydrogen) atoms. The largest absolute Gasteiger partial charge is 0.467 e. The molecule has 4 heterocycles. The first-order chi connectivity index (χ1) is 13.5. The summed E-state index contributed by atoms with van der Waals surface area (Å²) in [4.78, 5) is 30.4. The number of amides is 1. The van der Waals surface area contributed by atoms with Gasteiger partial charge in [-0.15, -0.1) is 0 Å². The number of carbonyl (C=O) groups is 1. The summed E-state index contributed by atoms with van der Waals surface area (Å²) in [7, 11) is 0. The normalized spacial score (nSPS) is 11.2. The molecule has 0 unspecified atom stereocenters. The Morgan fingerprint density at radius 1 is 1.36 bits per heavy atom. The molecule has 0 fully saturated rings.